The first-order valence-corrected chi connectivity index (χ1v) is 10.2. The van der Waals surface area contributed by atoms with Gasteiger partial charge in [-0.1, -0.05) is 0 Å². The molecule has 7 heteroatoms. The van der Waals surface area contributed by atoms with E-state index in [0.717, 1.165) is 31.5 Å². The van der Waals surface area contributed by atoms with Crippen LogP contribution in [0.3, 0.4) is 0 Å². The average molecular weight is 404 g/mol. The number of esters is 1. The molecule has 6 nitrogen and oxygen atoms in total. The molecule has 0 spiro atoms. The van der Waals surface area contributed by atoms with Gasteiger partial charge >= 0.3 is 12.1 Å². The van der Waals surface area contributed by atoms with E-state index in [2.05, 4.69) is 4.90 Å². The van der Waals surface area contributed by atoms with Crippen LogP contribution in [0.5, 0.6) is 0 Å². The molecule has 4 aliphatic rings. The third kappa shape index (κ3) is 3.84. The predicted octanol–water partition coefficient (Wildman–Crippen LogP) is 3.37. The van der Waals surface area contributed by atoms with Gasteiger partial charge in [-0.05, 0) is 57.7 Å². The van der Waals surface area contributed by atoms with Gasteiger partial charge in [0.2, 0.25) is 0 Å². The number of nitrogens with zero attached hydrogens (tertiary/aromatic N) is 2. The Morgan fingerprint density at radius 3 is 2.66 bits per heavy atom. The molecule has 3 fully saturated rings. The molecule has 1 aromatic rings. The average Bonchev–Trinajstić information content (AvgIpc) is 3.15. The number of carbonyl (C=O) groups is 2. The number of hydrogen-bond acceptors (Lipinski definition) is 5. The normalized spacial score (nSPS) is 26.0. The van der Waals surface area contributed by atoms with Crippen LogP contribution < -0.4 is 0 Å². The molecule has 1 aromatic carbocycles. The van der Waals surface area contributed by atoms with Crippen molar-refractivity contribution in [1.29, 1.82) is 0 Å². The fraction of sp³-hybridized carbons (Fsp3) is 0.636. The maximum absolute atomic E-state index is 14.6. The summed E-state index contributed by atoms with van der Waals surface area (Å²) in [4.78, 5) is 28.3. The van der Waals surface area contributed by atoms with Crippen molar-refractivity contribution in [2.45, 2.75) is 58.2 Å². The van der Waals surface area contributed by atoms with Crippen LogP contribution in [0.2, 0.25) is 0 Å². The summed E-state index contributed by atoms with van der Waals surface area (Å²) in [6.07, 6.45) is 2.44. The van der Waals surface area contributed by atoms with Crippen LogP contribution in [0.15, 0.2) is 12.1 Å². The van der Waals surface area contributed by atoms with E-state index < -0.39 is 11.6 Å². The third-order valence-electron chi connectivity index (χ3n) is 6.26. The van der Waals surface area contributed by atoms with Gasteiger partial charge in [-0.15, -0.1) is 0 Å². The maximum Gasteiger partial charge on any atom is 0.410 e. The standard InChI is InChI=1S/C22H29FN2O4/c1-21(2,3)29-20(27)25-13-22(9-16(25)10-22)12-24-6-5-14-7-15(19(26)28-4)8-18(23)17(14)11-24/h7-8,16H,5-6,9-13H2,1-4H3. The molecular formula is C22H29FN2O4. The molecule has 0 aromatic heterocycles. The third-order valence-corrected chi connectivity index (χ3v) is 6.26. The Morgan fingerprint density at radius 1 is 1.28 bits per heavy atom. The Balaban J connectivity index is 1.41. The molecule has 3 aliphatic heterocycles. The second kappa shape index (κ2) is 6.97. The number of rotatable bonds is 3. The summed E-state index contributed by atoms with van der Waals surface area (Å²) in [6.45, 7) is 8.54. The number of hydrogen-bond donors (Lipinski definition) is 0. The Morgan fingerprint density at radius 2 is 2.00 bits per heavy atom. The lowest BCUT2D eigenvalue weighted by atomic mass is 9.69. The largest absolute Gasteiger partial charge is 0.465 e. The zero-order valence-corrected chi connectivity index (χ0v) is 17.6. The van der Waals surface area contributed by atoms with Crippen molar-refractivity contribution in [3.8, 4) is 0 Å². The predicted molar refractivity (Wildman–Crippen MR) is 105 cm³/mol. The number of methoxy groups -OCH3 is 1. The number of amides is 1. The second-order valence-corrected chi connectivity index (χ2v) is 9.72. The first-order chi connectivity index (χ1) is 13.6. The quantitative estimate of drug-likeness (QED) is 0.723. The molecule has 1 amide bonds. The number of halogens is 1. The highest BCUT2D eigenvalue weighted by molar-refractivity contribution is 5.89. The highest BCUT2D eigenvalue weighted by Gasteiger charge is 2.57. The summed E-state index contributed by atoms with van der Waals surface area (Å²) in [5.74, 6) is -0.861. The van der Waals surface area contributed by atoms with E-state index in [-0.39, 0.29) is 28.9 Å². The fourth-order valence-electron chi connectivity index (χ4n) is 5.01. The number of fused-ring (bicyclic) bond motifs is 2. The van der Waals surface area contributed by atoms with Gasteiger partial charge in [-0.3, -0.25) is 4.90 Å². The van der Waals surface area contributed by atoms with Crippen molar-refractivity contribution in [2.24, 2.45) is 5.41 Å². The van der Waals surface area contributed by atoms with Crippen LogP contribution in [0.4, 0.5) is 9.18 Å². The van der Waals surface area contributed by atoms with Crippen LogP contribution in [0, 0.1) is 11.2 Å². The van der Waals surface area contributed by atoms with Gasteiger partial charge in [0.25, 0.3) is 0 Å². The van der Waals surface area contributed by atoms with Gasteiger partial charge in [-0.25, -0.2) is 14.0 Å². The van der Waals surface area contributed by atoms with Gasteiger partial charge in [0, 0.05) is 43.2 Å². The highest BCUT2D eigenvalue weighted by Crippen LogP contribution is 2.52. The van der Waals surface area contributed by atoms with Crippen LogP contribution in [-0.2, 0) is 22.4 Å². The molecule has 3 heterocycles. The van der Waals surface area contributed by atoms with E-state index in [1.165, 1.54) is 13.2 Å². The van der Waals surface area contributed by atoms with Crippen LogP contribution in [0.25, 0.3) is 0 Å². The zero-order chi connectivity index (χ0) is 21.0. The molecule has 0 N–H and O–H groups in total. The second-order valence-electron chi connectivity index (χ2n) is 9.72. The van der Waals surface area contributed by atoms with Crippen molar-refractivity contribution >= 4 is 12.1 Å². The lowest BCUT2D eigenvalue weighted by Crippen LogP contribution is -2.46. The number of carbonyl (C=O) groups excluding carboxylic acids is 2. The molecule has 158 valence electrons. The lowest BCUT2D eigenvalue weighted by Gasteiger charge is -2.42. The lowest BCUT2D eigenvalue weighted by molar-refractivity contribution is 0.0241. The van der Waals surface area contributed by atoms with Crippen LogP contribution >= 0.6 is 0 Å². The summed E-state index contributed by atoms with van der Waals surface area (Å²) in [7, 11) is 1.30. The molecule has 1 aliphatic carbocycles. The fourth-order valence-corrected chi connectivity index (χ4v) is 5.01. The molecule has 0 atom stereocenters. The smallest absolute Gasteiger partial charge is 0.410 e. The van der Waals surface area contributed by atoms with E-state index in [1.54, 1.807) is 6.07 Å². The minimum Gasteiger partial charge on any atom is -0.465 e. The Kier molecular flexibility index (Phi) is 4.84. The van der Waals surface area contributed by atoms with E-state index in [0.29, 0.717) is 25.1 Å². The first-order valence-electron chi connectivity index (χ1n) is 10.2. The van der Waals surface area contributed by atoms with E-state index in [4.69, 9.17) is 9.47 Å². The van der Waals surface area contributed by atoms with Crippen LogP contribution in [-0.4, -0.2) is 60.2 Å². The van der Waals surface area contributed by atoms with Gasteiger partial charge < -0.3 is 14.4 Å². The van der Waals surface area contributed by atoms with E-state index >= 15 is 0 Å². The molecule has 2 bridgehead atoms. The van der Waals surface area contributed by atoms with Gasteiger partial charge in [0.15, 0.2) is 0 Å². The SMILES string of the molecule is COC(=O)c1cc(F)c2c(c1)CCN(CC13CC(C1)N(C(=O)OC(C)(C)C)C3)C2. The Hall–Kier alpha value is -2.15. The number of benzene rings is 1. The van der Waals surface area contributed by atoms with Crippen molar-refractivity contribution in [1.82, 2.24) is 9.80 Å². The van der Waals surface area contributed by atoms with E-state index in [1.807, 2.05) is 25.7 Å². The van der Waals surface area contributed by atoms with Gasteiger partial charge in [0.05, 0.1) is 12.7 Å². The minimum absolute atomic E-state index is 0.0848. The summed E-state index contributed by atoms with van der Waals surface area (Å²) in [5.41, 5.74) is 1.41. The molecule has 1 saturated carbocycles. The summed E-state index contributed by atoms with van der Waals surface area (Å²) >= 11 is 0. The first kappa shape index (κ1) is 20.1. The molecule has 0 radical (unpaired) electrons. The summed E-state index contributed by atoms with van der Waals surface area (Å²) in [6, 6.07) is 3.28. The van der Waals surface area contributed by atoms with Gasteiger partial charge in [0.1, 0.15) is 11.4 Å². The molecular weight excluding hydrogens is 375 g/mol. The number of ether oxygens (including phenoxy) is 2. The summed E-state index contributed by atoms with van der Waals surface area (Å²) in [5, 5.41) is 0. The topological polar surface area (TPSA) is 59.1 Å². The van der Waals surface area contributed by atoms with Crippen molar-refractivity contribution in [3.63, 3.8) is 0 Å². The molecule has 5 rings (SSSR count). The van der Waals surface area contributed by atoms with Crippen molar-refractivity contribution in [3.05, 3.63) is 34.6 Å². The van der Waals surface area contributed by atoms with Gasteiger partial charge in [-0.2, -0.15) is 0 Å². The summed E-state index contributed by atoms with van der Waals surface area (Å²) < 4.78 is 24.9. The Bertz CT molecular complexity index is 842. The molecule has 29 heavy (non-hydrogen) atoms. The zero-order valence-electron chi connectivity index (χ0n) is 17.6. The van der Waals surface area contributed by atoms with Crippen molar-refractivity contribution < 1.29 is 23.5 Å². The van der Waals surface area contributed by atoms with Crippen LogP contribution in [0.1, 0.15) is 55.1 Å². The maximum atomic E-state index is 14.6. The van der Waals surface area contributed by atoms with Crippen molar-refractivity contribution in [2.75, 3.05) is 26.7 Å². The highest BCUT2D eigenvalue weighted by atomic mass is 19.1. The monoisotopic (exact) mass is 404 g/mol. The van der Waals surface area contributed by atoms with E-state index in [9.17, 15) is 14.0 Å². The molecule has 2 saturated heterocycles. The molecule has 0 unspecified atom stereocenters. The minimum atomic E-state index is -0.512. The Labute approximate surface area is 170 Å².